The summed E-state index contributed by atoms with van der Waals surface area (Å²) < 4.78 is 5.55. The van der Waals surface area contributed by atoms with Crippen LogP contribution in [0.3, 0.4) is 0 Å². The summed E-state index contributed by atoms with van der Waals surface area (Å²) in [6.07, 6.45) is 2.03. The van der Waals surface area contributed by atoms with E-state index in [9.17, 15) is 19.5 Å². The van der Waals surface area contributed by atoms with Crippen LogP contribution in [-0.2, 0) is 19.1 Å². The molecule has 2 N–H and O–H groups in total. The van der Waals surface area contributed by atoms with Crippen LogP contribution < -0.4 is 5.32 Å². The molecule has 158 valence electrons. The number of likely N-dealkylation sites (tertiary alicyclic amines) is 1. The second kappa shape index (κ2) is 8.82. The van der Waals surface area contributed by atoms with Crippen molar-refractivity contribution in [1.82, 2.24) is 9.80 Å². The number of carbonyl (C=O) groups is 3. The molecule has 1 aromatic carbocycles. The number of hydrogen-bond acceptors (Lipinski definition) is 6. The summed E-state index contributed by atoms with van der Waals surface area (Å²) in [5.74, 6) is -0.424. The van der Waals surface area contributed by atoms with Crippen LogP contribution in [0.1, 0.15) is 32.1 Å². The summed E-state index contributed by atoms with van der Waals surface area (Å²) in [4.78, 5) is 40.7. The molecular formula is C21H29N3O5. The molecule has 3 rings (SSSR count). The lowest BCUT2D eigenvalue weighted by atomic mass is 9.76. The molecule has 2 amide bonds. The summed E-state index contributed by atoms with van der Waals surface area (Å²) in [6.45, 7) is 1.73. The topological polar surface area (TPSA) is 99.2 Å². The zero-order valence-electron chi connectivity index (χ0n) is 17.0. The van der Waals surface area contributed by atoms with Crippen molar-refractivity contribution < 1.29 is 24.2 Å². The maximum atomic E-state index is 12.5. The highest BCUT2D eigenvalue weighted by molar-refractivity contribution is 5.93. The van der Waals surface area contributed by atoms with Gasteiger partial charge >= 0.3 is 5.97 Å². The molecule has 2 fully saturated rings. The Labute approximate surface area is 170 Å². The first-order chi connectivity index (χ1) is 13.8. The number of anilines is 1. The molecule has 8 nitrogen and oxygen atoms in total. The maximum absolute atomic E-state index is 12.5. The van der Waals surface area contributed by atoms with Crippen molar-refractivity contribution in [1.29, 1.82) is 0 Å². The highest BCUT2D eigenvalue weighted by Crippen LogP contribution is 2.43. The number of rotatable bonds is 6. The summed E-state index contributed by atoms with van der Waals surface area (Å²) >= 11 is 0. The molecule has 0 saturated carbocycles. The van der Waals surface area contributed by atoms with Gasteiger partial charge in [-0.05, 0) is 39.1 Å². The van der Waals surface area contributed by atoms with E-state index in [1.54, 1.807) is 17.0 Å². The summed E-state index contributed by atoms with van der Waals surface area (Å²) in [7, 11) is 3.91. The first kappa shape index (κ1) is 21.1. The average molecular weight is 403 g/mol. The fourth-order valence-electron chi connectivity index (χ4n) is 4.12. The van der Waals surface area contributed by atoms with E-state index in [-0.39, 0.29) is 42.5 Å². The van der Waals surface area contributed by atoms with E-state index < -0.39 is 5.41 Å². The van der Waals surface area contributed by atoms with Gasteiger partial charge in [-0.2, -0.15) is 0 Å². The Morgan fingerprint density at radius 2 is 2.00 bits per heavy atom. The summed E-state index contributed by atoms with van der Waals surface area (Å²) in [6, 6.07) is 6.28. The van der Waals surface area contributed by atoms with Crippen LogP contribution in [0, 0.1) is 5.41 Å². The van der Waals surface area contributed by atoms with Crippen LogP contribution in [0.25, 0.3) is 0 Å². The van der Waals surface area contributed by atoms with Gasteiger partial charge in [-0.1, -0.05) is 6.07 Å². The molecule has 2 aliphatic rings. The Morgan fingerprint density at radius 3 is 2.66 bits per heavy atom. The number of hydrogen-bond donors (Lipinski definition) is 2. The number of piperidine rings is 1. The van der Waals surface area contributed by atoms with Gasteiger partial charge in [0.05, 0.1) is 5.41 Å². The molecule has 0 aromatic heterocycles. The molecule has 1 atom stereocenters. The predicted octanol–water partition coefficient (Wildman–Crippen LogP) is 1.60. The third-order valence-corrected chi connectivity index (χ3v) is 5.66. The van der Waals surface area contributed by atoms with Crippen molar-refractivity contribution in [3.8, 4) is 5.75 Å². The van der Waals surface area contributed by atoms with E-state index >= 15 is 0 Å². The normalized spacial score (nSPS) is 20.7. The van der Waals surface area contributed by atoms with Crippen molar-refractivity contribution in [2.45, 2.75) is 38.2 Å². The Balaban J connectivity index is 1.44. The average Bonchev–Trinajstić information content (AvgIpc) is 2.94. The number of aromatic hydroxyl groups is 1. The molecule has 2 heterocycles. The van der Waals surface area contributed by atoms with Crippen molar-refractivity contribution in [3.63, 3.8) is 0 Å². The van der Waals surface area contributed by atoms with Crippen molar-refractivity contribution >= 4 is 23.5 Å². The van der Waals surface area contributed by atoms with Crippen LogP contribution in [0.2, 0.25) is 0 Å². The molecule has 1 unspecified atom stereocenters. The second-order valence-corrected chi connectivity index (χ2v) is 8.25. The van der Waals surface area contributed by atoms with Gasteiger partial charge in [-0.3, -0.25) is 14.4 Å². The number of nitrogens with zero attached hydrogens (tertiary/aromatic N) is 2. The molecule has 1 aromatic rings. The number of phenolic OH excluding ortho intramolecular Hbond substituents is 1. The number of esters is 1. The highest BCUT2D eigenvalue weighted by atomic mass is 16.6. The second-order valence-electron chi connectivity index (χ2n) is 8.25. The summed E-state index contributed by atoms with van der Waals surface area (Å²) in [5, 5.41) is 12.1. The van der Waals surface area contributed by atoms with E-state index in [0.29, 0.717) is 44.6 Å². The molecular weight excluding hydrogens is 374 g/mol. The van der Waals surface area contributed by atoms with E-state index in [0.717, 1.165) is 0 Å². The lowest BCUT2D eigenvalue weighted by Crippen LogP contribution is -2.45. The fraction of sp³-hybridized carbons (Fsp3) is 0.571. The Bertz CT molecular complexity index is 771. The number of carbonyl (C=O) groups excluding carboxylic acids is 3. The number of amides is 2. The molecule has 29 heavy (non-hydrogen) atoms. The smallest absolute Gasteiger partial charge is 0.312 e. The van der Waals surface area contributed by atoms with Gasteiger partial charge in [0.2, 0.25) is 11.8 Å². The Morgan fingerprint density at radius 1 is 1.28 bits per heavy atom. The number of phenols is 1. The standard InChI is InChI=1S/C21H29N3O5/c1-23(2)14-17-13-21(20(28)29-17)8-10-24(11-9-21)19(27)7-6-18(26)22-15-4-3-5-16(25)12-15/h3-5,12,17,25H,6-11,13-14H2,1-2H3,(H,22,26). The van der Waals surface area contributed by atoms with Gasteiger partial charge in [-0.25, -0.2) is 0 Å². The van der Waals surface area contributed by atoms with E-state index in [2.05, 4.69) is 5.32 Å². The van der Waals surface area contributed by atoms with Gasteiger partial charge in [0, 0.05) is 50.7 Å². The third-order valence-electron chi connectivity index (χ3n) is 5.66. The predicted molar refractivity (Wildman–Crippen MR) is 107 cm³/mol. The number of likely N-dealkylation sites (N-methyl/N-ethyl adjacent to an activating group) is 1. The number of cyclic esters (lactones) is 1. The van der Waals surface area contributed by atoms with E-state index in [1.807, 2.05) is 19.0 Å². The molecule has 8 heteroatoms. The molecule has 1 spiro atoms. The van der Waals surface area contributed by atoms with Crippen LogP contribution in [-0.4, -0.2) is 72.5 Å². The van der Waals surface area contributed by atoms with Crippen LogP contribution in [0.15, 0.2) is 24.3 Å². The minimum Gasteiger partial charge on any atom is -0.508 e. The van der Waals surface area contributed by atoms with E-state index in [1.165, 1.54) is 12.1 Å². The Kier molecular flexibility index (Phi) is 6.42. The van der Waals surface area contributed by atoms with Crippen molar-refractivity contribution in [2.24, 2.45) is 5.41 Å². The highest BCUT2D eigenvalue weighted by Gasteiger charge is 2.50. The molecule has 0 bridgehead atoms. The van der Waals surface area contributed by atoms with E-state index in [4.69, 9.17) is 4.74 Å². The molecule has 0 aliphatic carbocycles. The minimum absolute atomic E-state index is 0.0689. The number of nitrogens with one attached hydrogen (secondary N) is 1. The summed E-state index contributed by atoms with van der Waals surface area (Å²) in [5.41, 5.74) is 0.0267. The first-order valence-electron chi connectivity index (χ1n) is 10.00. The largest absolute Gasteiger partial charge is 0.508 e. The van der Waals surface area contributed by atoms with Gasteiger partial charge in [0.25, 0.3) is 0 Å². The third kappa shape index (κ3) is 5.26. The SMILES string of the molecule is CN(C)CC1CC2(CCN(C(=O)CCC(=O)Nc3cccc(O)c3)CC2)C(=O)O1. The fourth-order valence-corrected chi connectivity index (χ4v) is 4.12. The maximum Gasteiger partial charge on any atom is 0.312 e. The lowest BCUT2D eigenvalue weighted by molar-refractivity contribution is -0.152. The molecule has 2 aliphatic heterocycles. The molecule has 0 radical (unpaired) electrons. The van der Waals surface area contributed by atoms with Crippen molar-refractivity contribution in [2.75, 3.05) is 39.0 Å². The minimum atomic E-state index is -0.468. The lowest BCUT2D eigenvalue weighted by Gasteiger charge is -2.36. The van der Waals surface area contributed by atoms with Crippen LogP contribution in [0.5, 0.6) is 5.75 Å². The van der Waals surface area contributed by atoms with Gasteiger partial charge in [0.1, 0.15) is 11.9 Å². The van der Waals surface area contributed by atoms with Crippen LogP contribution >= 0.6 is 0 Å². The molecule has 2 saturated heterocycles. The Hall–Kier alpha value is -2.61. The van der Waals surface area contributed by atoms with Gasteiger partial charge in [-0.15, -0.1) is 0 Å². The quantitative estimate of drug-likeness (QED) is 0.700. The zero-order valence-corrected chi connectivity index (χ0v) is 17.0. The van der Waals surface area contributed by atoms with Crippen molar-refractivity contribution in [3.05, 3.63) is 24.3 Å². The van der Waals surface area contributed by atoms with Gasteiger partial charge in [0.15, 0.2) is 0 Å². The monoisotopic (exact) mass is 403 g/mol. The first-order valence-corrected chi connectivity index (χ1v) is 10.00. The zero-order chi connectivity index (χ0) is 21.0. The number of ether oxygens (including phenoxy) is 1. The van der Waals surface area contributed by atoms with Crippen LogP contribution in [0.4, 0.5) is 5.69 Å². The number of benzene rings is 1. The van der Waals surface area contributed by atoms with Gasteiger partial charge < -0.3 is 25.0 Å².